The molecule has 0 aliphatic carbocycles. The van der Waals surface area contributed by atoms with Gasteiger partial charge in [-0.3, -0.25) is 9.89 Å². The van der Waals surface area contributed by atoms with Crippen molar-refractivity contribution >= 4 is 16.0 Å². The maximum absolute atomic E-state index is 12.6. The third kappa shape index (κ3) is 6.21. The number of aliphatic imine (C=N–C) groups is 1. The molecule has 0 radical (unpaired) electrons. The monoisotopic (exact) mass is 427 g/mol. The second-order valence-corrected chi connectivity index (χ2v) is 9.48. The fourth-order valence-electron chi connectivity index (χ4n) is 3.77. The molecule has 0 spiro atoms. The molecule has 0 aromatic heterocycles. The van der Waals surface area contributed by atoms with Gasteiger partial charge in [-0.1, -0.05) is 6.42 Å². The summed E-state index contributed by atoms with van der Waals surface area (Å²) in [5.41, 5.74) is -5.23. The van der Waals surface area contributed by atoms with Gasteiger partial charge in [-0.2, -0.15) is 17.5 Å². The molecule has 2 aliphatic heterocycles. The quantitative estimate of drug-likeness (QED) is 0.497. The first-order valence-corrected chi connectivity index (χ1v) is 11.3. The molecule has 2 saturated heterocycles. The van der Waals surface area contributed by atoms with Crippen LogP contribution in [0.25, 0.3) is 0 Å². The zero-order valence-corrected chi connectivity index (χ0v) is 17.4. The van der Waals surface area contributed by atoms with E-state index in [0.29, 0.717) is 35.7 Å². The largest absolute Gasteiger partial charge is 0.511 e. The smallest absolute Gasteiger partial charge is 0.356 e. The Morgan fingerprint density at radius 1 is 1.11 bits per heavy atom. The zero-order valence-electron chi connectivity index (χ0n) is 16.6. The third-order valence-electron chi connectivity index (χ3n) is 5.62. The predicted molar refractivity (Wildman–Crippen MR) is 104 cm³/mol. The van der Waals surface area contributed by atoms with Crippen LogP contribution in [0, 0.1) is 5.92 Å². The van der Waals surface area contributed by atoms with Gasteiger partial charge in [0.05, 0.1) is 0 Å². The number of hydrogen-bond donors (Lipinski definition) is 2. The summed E-state index contributed by atoms with van der Waals surface area (Å²) in [7, 11) is -3.54. The van der Waals surface area contributed by atoms with Crippen LogP contribution in [0.5, 0.6) is 0 Å². The van der Waals surface area contributed by atoms with E-state index in [-0.39, 0.29) is 19.0 Å². The Hall–Kier alpha value is -1.07. The van der Waals surface area contributed by atoms with Crippen LogP contribution in [0.2, 0.25) is 0 Å². The summed E-state index contributed by atoms with van der Waals surface area (Å²) in [5.74, 6) is 0.773. The van der Waals surface area contributed by atoms with Crippen LogP contribution in [0.15, 0.2) is 4.99 Å². The fourth-order valence-corrected chi connectivity index (χ4v) is 4.75. The molecule has 0 saturated carbocycles. The molecule has 0 aromatic carbocycles. The van der Waals surface area contributed by atoms with E-state index >= 15 is 0 Å². The fraction of sp³-hybridized carbons (Fsp3) is 0.941. The minimum absolute atomic E-state index is 0.104. The lowest BCUT2D eigenvalue weighted by molar-refractivity contribution is -0.0496. The molecule has 2 aliphatic rings. The minimum atomic E-state index is -5.23. The molecule has 0 bridgehead atoms. The SMILES string of the molecule is CN=C(NCCN1CCCCC1C)NCC1CCN(S(=O)(=O)C(F)(F)F)CC1. The highest BCUT2D eigenvalue weighted by atomic mass is 32.2. The Balaban J connectivity index is 1.69. The Labute approximate surface area is 165 Å². The predicted octanol–water partition coefficient (Wildman–Crippen LogP) is 1.59. The molecular weight excluding hydrogens is 395 g/mol. The lowest BCUT2D eigenvalue weighted by Crippen LogP contribution is -2.48. The Bertz CT molecular complexity index is 619. The topological polar surface area (TPSA) is 77.0 Å². The molecule has 164 valence electrons. The summed E-state index contributed by atoms with van der Waals surface area (Å²) in [6.07, 6.45) is 4.54. The molecule has 2 heterocycles. The van der Waals surface area contributed by atoms with Crippen LogP contribution in [-0.2, 0) is 10.0 Å². The van der Waals surface area contributed by atoms with Crippen LogP contribution in [-0.4, -0.2) is 81.4 Å². The van der Waals surface area contributed by atoms with E-state index in [0.717, 1.165) is 19.6 Å². The summed E-state index contributed by atoms with van der Waals surface area (Å²) in [6, 6.07) is 0.601. The highest BCUT2D eigenvalue weighted by Gasteiger charge is 2.50. The zero-order chi connectivity index (χ0) is 20.8. The van der Waals surface area contributed by atoms with Gasteiger partial charge in [-0.25, -0.2) is 8.42 Å². The van der Waals surface area contributed by atoms with E-state index in [1.807, 2.05) is 0 Å². The van der Waals surface area contributed by atoms with Gasteiger partial charge in [-0.05, 0) is 45.1 Å². The van der Waals surface area contributed by atoms with Gasteiger partial charge in [0.2, 0.25) is 0 Å². The summed E-state index contributed by atoms with van der Waals surface area (Å²) < 4.78 is 61.3. The molecule has 1 unspecified atom stereocenters. The first-order valence-electron chi connectivity index (χ1n) is 9.90. The number of likely N-dealkylation sites (tertiary alicyclic amines) is 1. The summed E-state index contributed by atoms with van der Waals surface area (Å²) >= 11 is 0. The number of guanidine groups is 1. The molecule has 2 N–H and O–H groups in total. The lowest BCUT2D eigenvalue weighted by Gasteiger charge is -2.33. The summed E-state index contributed by atoms with van der Waals surface area (Å²) in [6.45, 7) is 5.42. The average Bonchev–Trinajstić information content (AvgIpc) is 2.65. The normalized spacial score (nSPS) is 24.3. The van der Waals surface area contributed by atoms with Gasteiger partial charge in [0, 0.05) is 45.8 Å². The van der Waals surface area contributed by atoms with E-state index in [9.17, 15) is 21.6 Å². The Morgan fingerprint density at radius 3 is 2.36 bits per heavy atom. The van der Waals surface area contributed by atoms with Crippen molar-refractivity contribution in [1.82, 2.24) is 19.8 Å². The van der Waals surface area contributed by atoms with Gasteiger partial charge in [0.1, 0.15) is 0 Å². The van der Waals surface area contributed by atoms with Crippen molar-refractivity contribution < 1.29 is 21.6 Å². The number of sulfonamides is 1. The van der Waals surface area contributed by atoms with Gasteiger partial charge in [-0.15, -0.1) is 0 Å². The molecule has 2 fully saturated rings. The first-order chi connectivity index (χ1) is 13.1. The van der Waals surface area contributed by atoms with Gasteiger partial charge < -0.3 is 10.6 Å². The van der Waals surface area contributed by atoms with Crippen molar-refractivity contribution in [3.8, 4) is 0 Å². The molecule has 2 rings (SSSR count). The standard InChI is InChI=1S/C17H32F3N5O2S/c1-14-5-3-4-9-24(14)12-8-22-16(21-2)23-13-15-6-10-25(11-7-15)28(26,27)17(18,19)20/h14-15H,3-13H2,1-2H3,(H2,21,22,23). The first kappa shape index (κ1) is 23.2. The van der Waals surface area contributed by atoms with Crippen LogP contribution in [0.3, 0.4) is 0 Å². The van der Waals surface area contributed by atoms with Crippen molar-refractivity contribution in [3.05, 3.63) is 0 Å². The molecule has 11 heteroatoms. The highest BCUT2D eigenvalue weighted by Crippen LogP contribution is 2.30. The van der Waals surface area contributed by atoms with E-state index < -0.39 is 15.5 Å². The number of nitrogens with one attached hydrogen (secondary N) is 2. The maximum Gasteiger partial charge on any atom is 0.511 e. The van der Waals surface area contributed by atoms with E-state index in [1.54, 1.807) is 7.05 Å². The van der Waals surface area contributed by atoms with Crippen LogP contribution < -0.4 is 10.6 Å². The van der Waals surface area contributed by atoms with Crippen molar-refractivity contribution in [3.63, 3.8) is 0 Å². The van der Waals surface area contributed by atoms with Crippen molar-refractivity contribution in [2.24, 2.45) is 10.9 Å². The van der Waals surface area contributed by atoms with Crippen molar-refractivity contribution in [2.75, 3.05) is 46.3 Å². The number of rotatable bonds is 6. The second-order valence-electron chi connectivity index (χ2n) is 7.55. The molecule has 0 amide bonds. The van der Waals surface area contributed by atoms with E-state index in [1.165, 1.54) is 19.3 Å². The lowest BCUT2D eigenvalue weighted by atomic mass is 9.98. The second kappa shape index (κ2) is 10.1. The third-order valence-corrected chi connectivity index (χ3v) is 7.25. The summed E-state index contributed by atoms with van der Waals surface area (Å²) in [5, 5.41) is 6.47. The molecule has 0 aromatic rings. The van der Waals surface area contributed by atoms with Crippen molar-refractivity contribution in [2.45, 2.75) is 50.6 Å². The average molecular weight is 428 g/mol. The number of halogens is 3. The molecule has 28 heavy (non-hydrogen) atoms. The van der Waals surface area contributed by atoms with Gasteiger partial charge in [0.15, 0.2) is 5.96 Å². The van der Waals surface area contributed by atoms with Crippen molar-refractivity contribution in [1.29, 1.82) is 0 Å². The highest BCUT2D eigenvalue weighted by molar-refractivity contribution is 7.90. The van der Waals surface area contributed by atoms with Gasteiger partial charge >= 0.3 is 15.5 Å². The number of alkyl halides is 3. The van der Waals surface area contributed by atoms with E-state index in [4.69, 9.17) is 0 Å². The Kier molecular flexibility index (Phi) is 8.38. The van der Waals surface area contributed by atoms with Crippen LogP contribution >= 0.6 is 0 Å². The maximum atomic E-state index is 12.6. The minimum Gasteiger partial charge on any atom is -0.356 e. The summed E-state index contributed by atoms with van der Waals surface area (Å²) in [4.78, 5) is 6.64. The van der Waals surface area contributed by atoms with Crippen LogP contribution in [0.1, 0.15) is 39.0 Å². The van der Waals surface area contributed by atoms with Gasteiger partial charge in [0.25, 0.3) is 0 Å². The number of nitrogens with zero attached hydrogens (tertiary/aromatic N) is 3. The Morgan fingerprint density at radius 2 is 1.79 bits per heavy atom. The number of piperidine rings is 2. The van der Waals surface area contributed by atoms with Crippen LogP contribution in [0.4, 0.5) is 13.2 Å². The molecule has 1 atom stereocenters. The molecule has 7 nitrogen and oxygen atoms in total. The number of hydrogen-bond acceptors (Lipinski definition) is 4. The molecular formula is C17H32F3N5O2S. The van der Waals surface area contributed by atoms with E-state index in [2.05, 4.69) is 27.4 Å².